The van der Waals surface area contributed by atoms with E-state index in [-0.39, 0.29) is 16.2 Å². The summed E-state index contributed by atoms with van der Waals surface area (Å²) in [5.74, 6) is 0. The highest BCUT2D eigenvalue weighted by Crippen LogP contribution is 2.64. The molecule has 3 aliphatic rings. The van der Waals surface area contributed by atoms with Crippen LogP contribution in [0.25, 0.3) is 44.5 Å². The third kappa shape index (κ3) is 5.39. The number of hydrogen-bond donors (Lipinski definition) is 0. The molecular formula is C60H53N. The van der Waals surface area contributed by atoms with Gasteiger partial charge in [-0.25, -0.2) is 0 Å². The molecule has 61 heavy (non-hydrogen) atoms. The molecular weight excluding hydrogens is 735 g/mol. The van der Waals surface area contributed by atoms with Gasteiger partial charge in [0.05, 0.1) is 11.1 Å². The number of benzene rings is 8. The molecule has 0 bridgehead atoms. The number of anilines is 3. The van der Waals surface area contributed by atoms with Crippen LogP contribution in [0.4, 0.5) is 17.1 Å². The molecule has 0 fully saturated rings. The van der Waals surface area contributed by atoms with Gasteiger partial charge in [0.2, 0.25) is 0 Å². The molecule has 1 nitrogen and oxygen atoms in total. The highest BCUT2D eigenvalue weighted by molar-refractivity contribution is 5.98. The summed E-state index contributed by atoms with van der Waals surface area (Å²) in [5, 5.41) is 0. The lowest BCUT2D eigenvalue weighted by Gasteiger charge is -2.34. The Morgan fingerprint density at radius 1 is 0.344 bits per heavy atom. The van der Waals surface area contributed by atoms with Crippen molar-refractivity contribution in [3.05, 3.63) is 220 Å². The predicted molar refractivity (Wildman–Crippen MR) is 258 cm³/mol. The molecule has 0 aliphatic heterocycles. The van der Waals surface area contributed by atoms with E-state index in [1.165, 1.54) is 89.0 Å². The second-order valence-corrected chi connectivity index (χ2v) is 20.2. The molecule has 0 atom stereocenters. The van der Waals surface area contributed by atoms with E-state index in [0.29, 0.717) is 0 Å². The summed E-state index contributed by atoms with van der Waals surface area (Å²) in [6.07, 6.45) is 0. The first-order valence-electron chi connectivity index (χ1n) is 22.0. The Hall–Kier alpha value is -6.44. The minimum absolute atomic E-state index is 0.0106. The molecule has 0 saturated carbocycles. The Labute approximate surface area is 362 Å². The van der Waals surface area contributed by atoms with Crippen molar-refractivity contribution >= 4 is 17.1 Å². The van der Waals surface area contributed by atoms with Gasteiger partial charge >= 0.3 is 0 Å². The second-order valence-electron chi connectivity index (χ2n) is 20.2. The van der Waals surface area contributed by atoms with Crippen LogP contribution < -0.4 is 4.90 Å². The van der Waals surface area contributed by atoms with E-state index in [0.717, 1.165) is 17.1 Å². The number of rotatable bonds is 4. The van der Waals surface area contributed by atoms with Gasteiger partial charge in [0.15, 0.2) is 0 Å². The molecule has 0 aromatic heterocycles. The van der Waals surface area contributed by atoms with Crippen LogP contribution in [0.15, 0.2) is 176 Å². The maximum atomic E-state index is 2.55. The maximum absolute atomic E-state index is 2.55. The number of para-hydroxylation sites is 1. The summed E-state index contributed by atoms with van der Waals surface area (Å²) in [6.45, 7) is 18.8. The molecule has 0 amide bonds. The fourth-order valence-electron chi connectivity index (χ4n) is 11.0. The third-order valence-electron chi connectivity index (χ3n) is 14.2. The lowest BCUT2D eigenvalue weighted by Crippen LogP contribution is -2.27. The summed E-state index contributed by atoms with van der Waals surface area (Å²) in [6, 6.07) is 67.2. The summed E-state index contributed by atoms with van der Waals surface area (Å²) >= 11 is 0. The van der Waals surface area contributed by atoms with Crippen LogP contribution in [0.3, 0.4) is 0 Å². The van der Waals surface area contributed by atoms with Crippen molar-refractivity contribution in [3.8, 4) is 44.5 Å². The highest BCUT2D eigenvalue weighted by atomic mass is 15.1. The van der Waals surface area contributed by atoms with Crippen molar-refractivity contribution in [3.63, 3.8) is 0 Å². The van der Waals surface area contributed by atoms with Crippen LogP contribution >= 0.6 is 0 Å². The van der Waals surface area contributed by atoms with Gasteiger partial charge in [-0.1, -0.05) is 201 Å². The molecule has 8 aromatic rings. The Bertz CT molecular complexity index is 3010. The molecule has 1 heteroatoms. The van der Waals surface area contributed by atoms with Gasteiger partial charge in [-0.15, -0.1) is 0 Å². The lowest BCUT2D eigenvalue weighted by molar-refractivity contribution is 0.586. The highest BCUT2D eigenvalue weighted by Gasteiger charge is 2.52. The smallest absolute Gasteiger partial charge is 0.0726 e. The molecule has 1 spiro atoms. The van der Waals surface area contributed by atoms with Crippen LogP contribution in [0.5, 0.6) is 0 Å². The van der Waals surface area contributed by atoms with E-state index in [4.69, 9.17) is 0 Å². The van der Waals surface area contributed by atoms with Gasteiger partial charge in [0.1, 0.15) is 0 Å². The Morgan fingerprint density at radius 3 is 1.33 bits per heavy atom. The van der Waals surface area contributed by atoms with Gasteiger partial charge in [-0.05, 0) is 125 Å². The first-order valence-corrected chi connectivity index (χ1v) is 22.0. The predicted octanol–water partition coefficient (Wildman–Crippen LogP) is 16.1. The van der Waals surface area contributed by atoms with Crippen molar-refractivity contribution < 1.29 is 0 Å². The van der Waals surface area contributed by atoms with Crippen LogP contribution in [0.1, 0.15) is 99.9 Å². The zero-order valence-corrected chi connectivity index (χ0v) is 36.7. The largest absolute Gasteiger partial charge is 0.310 e. The average Bonchev–Trinajstić information content (AvgIpc) is 3.81. The molecule has 0 N–H and O–H groups in total. The van der Waals surface area contributed by atoms with Crippen LogP contribution in [0, 0.1) is 0 Å². The zero-order chi connectivity index (χ0) is 42.1. The summed E-state index contributed by atoms with van der Waals surface area (Å²) in [4.78, 5) is 2.53. The maximum Gasteiger partial charge on any atom is 0.0726 e. The minimum Gasteiger partial charge on any atom is -0.310 e. The minimum atomic E-state index is -0.499. The zero-order valence-electron chi connectivity index (χ0n) is 36.7. The fraction of sp³-hybridized carbons (Fsp3) is 0.200. The number of fused-ring (bicyclic) bond motifs is 13. The molecule has 0 radical (unpaired) electrons. The SMILES string of the molecule is CC(C)(C)c1ccc2c(c1)C1(c3ccccc3-c3ccc(N(c4ccc5c(c4)C(C)(C)c4ccccc4-5)c4ccccc4-c4ccccc4)cc31)c1cc(C(C)(C)C)ccc1-2. The lowest BCUT2D eigenvalue weighted by atomic mass is 9.68. The van der Waals surface area contributed by atoms with Gasteiger partial charge < -0.3 is 4.90 Å². The number of nitrogens with zero attached hydrogens (tertiary/aromatic N) is 1. The third-order valence-corrected chi connectivity index (χ3v) is 14.2. The standard InChI is InChI=1S/C60H53N/c1-57(2,3)39-26-30-47-48-31-27-40(58(4,5)6)35-54(48)60(53(47)34-39)51-24-16-13-22-45(51)49-33-29-42(37-55(49)60)61(56-25-17-14-20-43(56)38-18-10-9-11-19-38)41-28-32-46-44-21-12-15-23-50(44)59(7,8)52(46)36-41/h9-37H,1-8H3. The Balaban J connectivity index is 1.22. The van der Waals surface area contributed by atoms with Crippen LogP contribution in [0.2, 0.25) is 0 Å². The van der Waals surface area contributed by atoms with E-state index in [2.05, 4.69) is 236 Å². The number of hydrogen-bond acceptors (Lipinski definition) is 1. The van der Waals surface area contributed by atoms with Crippen molar-refractivity contribution in [1.82, 2.24) is 0 Å². The van der Waals surface area contributed by atoms with Crippen molar-refractivity contribution in [1.29, 1.82) is 0 Å². The molecule has 11 rings (SSSR count). The fourth-order valence-corrected chi connectivity index (χ4v) is 11.0. The second kappa shape index (κ2) is 13.0. The molecule has 8 aromatic carbocycles. The van der Waals surface area contributed by atoms with Gasteiger partial charge in [0, 0.05) is 22.4 Å². The van der Waals surface area contributed by atoms with Gasteiger partial charge in [-0.2, -0.15) is 0 Å². The average molecular weight is 788 g/mol. The van der Waals surface area contributed by atoms with E-state index in [1.54, 1.807) is 0 Å². The van der Waals surface area contributed by atoms with Crippen LogP contribution in [-0.4, -0.2) is 0 Å². The van der Waals surface area contributed by atoms with Crippen molar-refractivity contribution in [2.75, 3.05) is 4.90 Å². The summed E-state index contributed by atoms with van der Waals surface area (Å²) in [5.41, 5.74) is 24.1. The molecule has 0 saturated heterocycles. The van der Waals surface area contributed by atoms with E-state index in [1.807, 2.05) is 0 Å². The summed E-state index contributed by atoms with van der Waals surface area (Å²) in [7, 11) is 0. The Morgan fingerprint density at radius 2 is 0.754 bits per heavy atom. The Kier molecular flexibility index (Phi) is 8.02. The normalized spacial score (nSPS) is 14.8. The van der Waals surface area contributed by atoms with E-state index >= 15 is 0 Å². The first kappa shape index (κ1) is 37.6. The molecule has 298 valence electrons. The quantitative estimate of drug-likeness (QED) is 0.172. The first-order chi connectivity index (χ1) is 29.3. The van der Waals surface area contributed by atoms with Crippen LogP contribution in [-0.2, 0) is 21.7 Å². The van der Waals surface area contributed by atoms with Crippen molar-refractivity contribution in [2.24, 2.45) is 0 Å². The van der Waals surface area contributed by atoms with Crippen molar-refractivity contribution in [2.45, 2.75) is 77.0 Å². The molecule has 3 aliphatic carbocycles. The molecule has 0 unspecified atom stereocenters. The monoisotopic (exact) mass is 787 g/mol. The van der Waals surface area contributed by atoms with Gasteiger partial charge in [-0.3, -0.25) is 0 Å². The van der Waals surface area contributed by atoms with E-state index in [9.17, 15) is 0 Å². The topological polar surface area (TPSA) is 3.24 Å². The summed E-state index contributed by atoms with van der Waals surface area (Å²) < 4.78 is 0. The molecule has 0 heterocycles. The van der Waals surface area contributed by atoms with Gasteiger partial charge in [0.25, 0.3) is 0 Å². The van der Waals surface area contributed by atoms with E-state index < -0.39 is 5.41 Å².